The molecule has 1 amide bonds. The zero-order valence-electron chi connectivity index (χ0n) is 18.0. The van der Waals surface area contributed by atoms with Gasteiger partial charge >= 0.3 is 0 Å². The van der Waals surface area contributed by atoms with Crippen LogP contribution in [0.3, 0.4) is 0 Å². The number of piperidine rings is 1. The van der Waals surface area contributed by atoms with Gasteiger partial charge in [0.2, 0.25) is 5.95 Å². The van der Waals surface area contributed by atoms with Crippen LogP contribution in [0.1, 0.15) is 22.5 Å². The SMILES string of the molecule is COc1ccc(-n2c(N(C)C)nc3cc(C(=O)N4CCC5(CC4)OCCO5)sc32)cc1. The molecule has 2 aromatic heterocycles. The van der Waals surface area contributed by atoms with Crippen LogP contribution < -0.4 is 9.64 Å². The molecule has 2 aliphatic heterocycles. The van der Waals surface area contributed by atoms with Gasteiger partial charge in [0.1, 0.15) is 16.1 Å². The number of amides is 1. The number of benzene rings is 1. The summed E-state index contributed by atoms with van der Waals surface area (Å²) in [5.41, 5.74) is 1.80. The van der Waals surface area contributed by atoms with Crippen LogP contribution in [-0.4, -0.2) is 73.7 Å². The second-order valence-electron chi connectivity index (χ2n) is 8.04. The Bertz CT molecular complexity index is 1090. The minimum atomic E-state index is -0.482. The van der Waals surface area contributed by atoms with Crippen LogP contribution in [0.5, 0.6) is 5.75 Å². The topological polar surface area (TPSA) is 69.1 Å². The maximum atomic E-state index is 13.2. The average molecular weight is 443 g/mol. The van der Waals surface area contributed by atoms with Gasteiger partial charge in [0.25, 0.3) is 5.91 Å². The lowest BCUT2D eigenvalue weighted by molar-refractivity contribution is -0.181. The van der Waals surface area contributed by atoms with Gasteiger partial charge in [0.15, 0.2) is 5.79 Å². The van der Waals surface area contributed by atoms with Crippen molar-refractivity contribution >= 4 is 33.5 Å². The van der Waals surface area contributed by atoms with Crippen molar-refractivity contribution in [2.75, 3.05) is 52.4 Å². The molecule has 0 N–H and O–H groups in total. The average Bonchev–Trinajstić information content (AvgIpc) is 3.49. The molecule has 0 saturated carbocycles. The van der Waals surface area contributed by atoms with Gasteiger partial charge in [-0.25, -0.2) is 4.98 Å². The van der Waals surface area contributed by atoms with Crippen LogP contribution in [-0.2, 0) is 9.47 Å². The zero-order chi connectivity index (χ0) is 21.6. The fourth-order valence-corrected chi connectivity index (χ4v) is 5.30. The number of methoxy groups -OCH3 is 1. The number of hydrogen-bond donors (Lipinski definition) is 0. The maximum absolute atomic E-state index is 13.2. The molecule has 0 unspecified atom stereocenters. The Morgan fingerprint density at radius 3 is 2.45 bits per heavy atom. The molecular weight excluding hydrogens is 416 g/mol. The third kappa shape index (κ3) is 3.56. The van der Waals surface area contributed by atoms with Gasteiger partial charge in [-0.1, -0.05) is 0 Å². The highest BCUT2D eigenvalue weighted by molar-refractivity contribution is 7.20. The van der Waals surface area contributed by atoms with Gasteiger partial charge in [-0.3, -0.25) is 9.36 Å². The van der Waals surface area contributed by atoms with Crippen molar-refractivity contribution in [3.8, 4) is 11.4 Å². The van der Waals surface area contributed by atoms with Crippen LogP contribution in [0.4, 0.5) is 5.95 Å². The summed E-state index contributed by atoms with van der Waals surface area (Å²) in [5.74, 6) is 1.18. The Labute approximate surface area is 184 Å². The number of carbonyl (C=O) groups is 1. The monoisotopic (exact) mass is 442 g/mol. The minimum absolute atomic E-state index is 0.0449. The molecule has 1 spiro atoms. The summed E-state index contributed by atoms with van der Waals surface area (Å²) in [6, 6.07) is 9.76. The smallest absolute Gasteiger partial charge is 0.264 e. The Kier molecular flexibility index (Phi) is 5.11. The standard InChI is InChI=1S/C22H26N4O4S/c1-24(2)21-23-17-14-18(19(27)25-10-8-22(9-11-25)29-12-13-30-22)31-20(17)26(21)15-4-6-16(28-3)7-5-15/h4-7,14H,8-13H2,1-3H3. The van der Waals surface area contributed by atoms with Crippen molar-refractivity contribution in [1.29, 1.82) is 0 Å². The highest BCUT2D eigenvalue weighted by Crippen LogP contribution is 2.35. The fourth-order valence-electron chi connectivity index (χ4n) is 4.22. The van der Waals surface area contributed by atoms with E-state index in [-0.39, 0.29) is 5.91 Å². The first-order valence-electron chi connectivity index (χ1n) is 10.4. The van der Waals surface area contributed by atoms with Gasteiger partial charge in [-0.05, 0) is 30.3 Å². The van der Waals surface area contributed by atoms with Crippen LogP contribution in [0.2, 0.25) is 0 Å². The van der Waals surface area contributed by atoms with Crippen LogP contribution in [0, 0.1) is 0 Å². The minimum Gasteiger partial charge on any atom is -0.497 e. The number of ether oxygens (including phenoxy) is 3. The van der Waals surface area contributed by atoms with Crippen LogP contribution in [0.15, 0.2) is 30.3 Å². The first-order valence-corrected chi connectivity index (χ1v) is 11.2. The summed E-state index contributed by atoms with van der Waals surface area (Å²) in [5, 5.41) is 0. The number of thiophene rings is 1. The number of imidazole rings is 1. The second-order valence-corrected chi connectivity index (χ2v) is 9.07. The molecule has 3 aromatic rings. The first-order chi connectivity index (χ1) is 15.0. The van der Waals surface area contributed by atoms with Crippen LogP contribution >= 0.6 is 11.3 Å². The maximum Gasteiger partial charge on any atom is 0.264 e. The fraction of sp³-hybridized carbons (Fsp3) is 0.455. The molecule has 8 nitrogen and oxygen atoms in total. The van der Waals surface area contributed by atoms with Gasteiger partial charge in [-0.2, -0.15) is 0 Å². The lowest BCUT2D eigenvalue weighted by Gasteiger charge is -2.37. The van der Waals surface area contributed by atoms with Crippen molar-refractivity contribution in [1.82, 2.24) is 14.5 Å². The van der Waals surface area contributed by atoms with Crippen molar-refractivity contribution in [2.24, 2.45) is 0 Å². The Morgan fingerprint density at radius 1 is 1.16 bits per heavy atom. The van der Waals surface area contributed by atoms with E-state index in [1.54, 1.807) is 7.11 Å². The van der Waals surface area contributed by atoms with E-state index in [0.29, 0.717) is 44.0 Å². The lowest BCUT2D eigenvalue weighted by atomic mass is 10.0. The third-order valence-corrected chi connectivity index (χ3v) is 6.98. The number of fused-ring (bicyclic) bond motifs is 1. The van der Waals surface area contributed by atoms with Gasteiger partial charge in [-0.15, -0.1) is 11.3 Å². The molecule has 1 aromatic carbocycles. The van der Waals surface area contributed by atoms with E-state index in [9.17, 15) is 4.79 Å². The van der Waals surface area contributed by atoms with Crippen molar-refractivity contribution < 1.29 is 19.0 Å². The molecule has 9 heteroatoms. The summed E-state index contributed by atoms with van der Waals surface area (Å²) >= 11 is 1.48. The molecule has 4 heterocycles. The largest absolute Gasteiger partial charge is 0.497 e. The molecule has 0 bridgehead atoms. The number of carbonyl (C=O) groups excluding carboxylic acids is 1. The molecular formula is C22H26N4O4S. The molecule has 31 heavy (non-hydrogen) atoms. The second kappa shape index (κ2) is 7.81. The van der Waals surface area contributed by atoms with Crippen molar-refractivity contribution in [3.05, 3.63) is 35.2 Å². The number of likely N-dealkylation sites (tertiary alicyclic amines) is 1. The van der Waals surface area contributed by atoms with Crippen LogP contribution in [0.25, 0.3) is 16.0 Å². The third-order valence-electron chi connectivity index (χ3n) is 5.88. The molecule has 2 aliphatic rings. The van der Waals surface area contributed by atoms with Gasteiger partial charge < -0.3 is 24.0 Å². The Morgan fingerprint density at radius 2 is 1.84 bits per heavy atom. The van der Waals surface area contributed by atoms with Crippen molar-refractivity contribution in [2.45, 2.75) is 18.6 Å². The molecule has 2 fully saturated rings. The number of anilines is 1. The molecule has 164 valence electrons. The van der Waals surface area contributed by atoms with E-state index < -0.39 is 5.79 Å². The van der Waals surface area contributed by atoms with E-state index in [2.05, 4.69) is 4.57 Å². The molecule has 2 saturated heterocycles. The molecule has 5 rings (SSSR count). The number of hydrogen-bond acceptors (Lipinski definition) is 7. The predicted molar refractivity (Wildman–Crippen MR) is 120 cm³/mol. The Balaban J connectivity index is 1.44. The highest BCUT2D eigenvalue weighted by atomic mass is 32.1. The summed E-state index contributed by atoms with van der Waals surface area (Å²) in [6.45, 7) is 2.55. The number of nitrogens with zero attached hydrogens (tertiary/aromatic N) is 4. The first kappa shape index (κ1) is 20.3. The highest BCUT2D eigenvalue weighted by Gasteiger charge is 2.41. The molecule has 0 atom stereocenters. The normalized spacial score (nSPS) is 18.1. The van der Waals surface area contributed by atoms with Gasteiger partial charge in [0.05, 0.1) is 30.9 Å². The Hall–Kier alpha value is -2.62. The summed E-state index contributed by atoms with van der Waals surface area (Å²) in [4.78, 5) is 23.5. The summed E-state index contributed by atoms with van der Waals surface area (Å²) < 4.78 is 18.9. The summed E-state index contributed by atoms with van der Waals surface area (Å²) in [7, 11) is 5.59. The quantitative estimate of drug-likeness (QED) is 0.618. The van der Waals surface area contributed by atoms with Crippen molar-refractivity contribution in [3.63, 3.8) is 0 Å². The van der Waals surface area contributed by atoms with E-state index in [1.165, 1.54) is 11.3 Å². The predicted octanol–water partition coefficient (Wildman–Crippen LogP) is 3.14. The van der Waals surface area contributed by atoms with E-state index in [4.69, 9.17) is 19.2 Å². The lowest BCUT2D eigenvalue weighted by Crippen LogP contribution is -2.47. The van der Waals surface area contributed by atoms with E-state index in [1.807, 2.05) is 54.2 Å². The van der Waals surface area contributed by atoms with Gasteiger partial charge in [0, 0.05) is 40.0 Å². The zero-order valence-corrected chi connectivity index (χ0v) is 18.8. The number of aromatic nitrogens is 2. The van der Waals surface area contributed by atoms with E-state index >= 15 is 0 Å². The van der Waals surface area contributed by atoms with E-state index in [0.717, 1.165) is 27.7 Å². The summed E-state index contributed by atoms with van der Waals surface area (Å²) in [6.07, 6.45) is 1.43. The number of rotatable bonds is 4. The molecule has 0 radical (unpaired) electrons. The molecule has 0 aliphatic carbocycles.